The lowest BCUT2D eigenvalue weighted by atomic mass is 9.84. The van der Waals surface area contributed by atoms with E-state index in [1.807, 2.05) is 24.3 Å². The zero-order chi connectivity index (χ0) is 18.8. The second-order valence-corrected chi connectivity index (χ2v) is 7.94. The van der Waals surface area contributed by atoms with Crippen LogP contribution in [0.3, 0.4) is 0 Å². The summed E-state index contributed by atoms with van der Waals surface area (Å²) in [6.45, 7) is 2.15. The standard InChI is InChI=1S/C21H27N3O3/c1-13(18-12-14-3-4-16(18)11-14)22-19(25)9-10-20-23-21(24-27-20)15-5-7-17(26-2)8-6-15/h5-8,13-14,16,18H,3-4,9-12H2,1-2H3,(H,22,25). The molecule has 2 fully saturated rings. The second kappa shape index (κ2) is 7.71. The van der Waals surface area contributed by atoms with Crippen molar-refractivity contribution in [3.8, 4) is 17.1 Å². The summed E-state index contributed by atoms with van der Waals surface area (Å²) < 4.78 is 10.4. The van der Waals surface area contributed by atoms with Gasteiger partial charge in [0.2, 0.25) is 17.6 Å². The molecule has 0 radical (unpaired) electrons. The van der Waals surface area contributed by atoms with E-state index in [0.29, 0.717) is 30.5 Å². The predicted molar refractivity (Wildman–Crippen MR) is 101 cm³/mol. The molecule has 1 aromatic heterocycles. The fourth-order valence-corrected chi connectivity index (χ4v) is 4.77. The van der Waals surface area contributed by atoms with Gasteiger partial charge in [-0.1, -0.05) is 11.6 Å². The van der Waals surface area contributed by atoms with Crippen LogP contribution in [0.5, 0.6) is 5.75 Å². The molecule has 2 aliphatic rings. The zero-order valence-corrected chi connectivity index (χ0v) is 16.0. The molecule has 2 bridgehead atoms. The van der Waals surface area contributed by atoms with Gasteiger partial charge in [-0.15, -0.1) is 0 Å². The second-order valence-electron chi connectivity index (χ2n) is 7.94. The molecule has 4 rings (SSSR count). The molecule has 0 aliphatic heterocycles. The van der Waals surface area contributed by atoms with E-state index >= 15 is 0 Å². The molecule has 27 heavy (non-hydrogen) atoms. The third-order valence-corrected chi connectivity index (χ3v) is 6.21. The number of carbonyl (C=O) groups is 1. The van der Waals surface area contributed by atoms with E-state index in [-0.39, 0.29) is 11.9 Å². The van der Waals surface area contributed by atoms with E-state index in [4.69, 9.17) is 9.26 Å². The SMILES string of the molecule is COc1ccc(-c2noc(CCC(=O)NC(C)C3CC4CCC3C4)n2)cc1. The molecule has 4 atom stereocenters. The van der Waals surface area contributed by atoms with Crippen molar-refractivity contribution in [3.05, 3.63) is 30.2 Å². The van der Waals surface area contributed by atoms with Crippen molar-refractivity contribution in [1.82, 2.24) is 15.5 Å². The quantitative estimate of drug-likeness (QED) is 0.806. The van der Waals surface area contributed by atoms with Crippen molar-refractivity contribution in [2.75, 3.05) is 7.11 Å². The van der Waals surface area contributed by atoms with Gasteiger partial charge in [0.15, 0.2) is 0 Å². The number of ether oxygens (including phenoxy) is 1. The first-order valence-electron chi connectivity index (χ1n) is 9.88. The molecule has 0 saturated heterocycles. The zero-order valence-electron chi connectivity index (χ0n) is 16.0. The lowest BCUT2D eigenvalue weighted by Crippen LogP contribution is -2.40. The molecule has 144 valence electrons. The van der Waals surface area contributed by atoms with E-state index in [1.165, 1.54) is 25.7 Å². The molecule has 1 aromatic carbocycles. The Balaban J connectivity index is 1.27. The Morgan fingerprint density at radius 3 is 2.78 bits per heavy atom. The van der Waals surface area contributed by atoms with Gasteiger partial charge < -0.3 is 14.6 Å². The summed E-state index contributed by atoms with van der Waals surface area (Å²) in [4.78, 5) is 16.7. The normalized spacial score (nSPS) is 24.7. The average Bonchev–Trinajstić information content (AvgIpc) is 3.43. The number of benzene rings is 1. The highest BCUT2D eigenvalue weighted by Gasteiger charge is 2.42. The average molecular weight is 369 g/mol. The highest BCUT2D eigenvalue weighted by molar-refractivity contribution is 5.76. The van der Waals surface area contributed by atoms with Gasteiger partial charge >= 0.3 is 0 Å². The molecule has 1 amide bonds. The molecule has 0 spiro atoms. The molecule has 2 saturated carbocycles. The fraction of sp³-hybridized carbons (Fsp3) is 0.571. The maximum atomic E-state index is 12.3. The summed E-state index contributed by atoms with van der Waals surface area (Å²) in [6, 6.07) is 7.74. The topological polar surface area (TPSA) is 77.2 Å². The molecular formula is C21H27N3O3. The third kappa shape index (κ3) is 3.99. The maximum absolute atomic E-state index is 12.3. The predicted octanol–water partition coefficient (Wildman–Crippen LogP) is 3.62. The van der Waals surface area contributed by atoms with E-state index in [1.54, 1.807) is 7.11 Å². The summed E-state index contributed by atoms with van der Waals surface area (Å²) in [6.07, 6.45) is 6.19. The van der Waals surface area contributed by atoms with Crippen LogP contribution in [0.2, 0.25) is 0 Å². The van der Waals surface area contributed by atoms with Crippen molar-refractivity contribution >= 4 is 5.91 Å². The molecule has 2 aliphatic carbocycles. The van der Waals surface area contributed by atoms with Crippen molar-refractivity contribution in [2.45, 2.75) is 51.5 Å². The van der Waals surface area contributed by atoms with Crippen LogP contribution >= 0.6 is 0 Å². The molecule has 1 N–H and O–H groups in total. The van der Waals surface area contributed by atoms with Crippen LogP contribution in [0.1, 0.15) is 44.9 Å². The van der Waals surface area contributed by atoms with Gasteiger partial charge in [0.05, 0.1) is 7.11 Å². The van der Waals surface area contributed by atoms with Crippen molar-refractivity contribution in [1.29, 1.82) is 0 Å². The summed E-state index contributed by atoms with van der Waals surface area (Å²) in [5, 5.41) is 7.20. The third-order valence-electron chi connectivity index (χ3n) is 6.21. The number of fused-ring (bicyclic) bond motifs is 2. The first-order valence-corrected chi connectivity index (χ1v) is 9.88. The molecule has 2 aromatic rings. The Morgan fingerprint density at radius 2 is 2.11 bits per heavy atom. The number of hydrogen-bond donors (Lipinski definition) is 1. The minimum Gasteiger partial charge on any atom is -0.497 e. The van der Waals surface area contributed by atoms with Gasteiger partial charge in [-0.3, -0.25) is 4.79 Å². The number of carbonyl (C=O) groups excluding carboxylic acids is 1. The van der Waals surface area contributed by atoms with Crippen LogP contribution in [0, 0.1) is 17.8 Å². The van der Waals surface area contributed by atoms with Crippen LogP contribution in [0.15, 0.2) is 28.8 Å². The summed E-state index contributed by atoms with van der Waals surface area (Å²) in [5.41, 5.74) is 0.861. The monoisotopic (exact) mass is 369 g/mol. The van der Waals surface area contributed by atoms with Gasteiger partial charge in [-0.2, -0.15) is 4.98 Å². The fourth-order valence-electron chi connectivity index (χ4n) is 4.77. The van der Waals surface area contributed by atoms with Crippen LogP contribution in [0.4, 0.5) is 0 Å². The Morgan fingerprint density at radius 1 is 1.30 bits per heavy atom. The van der Waals surface area contributed by atoms with E-state index in [2.05, 4.69) is 22.4 Å². The minimum atomic E-state index is 0.0643. The van der Waals surface area contributed by atoms with Crippen molar-refractivity contribution in [3.63, 3.8) is 0 Å². The summed E-state index contributed by atoms with van der Waals surface area (Å²) in [5.74, 6) is 4.23. The van der Waals surface area contributed by atoms with Crippen molar-refractivity contribution in [2.24, 2.45) is 17.8 Å². The lowest BCUT2D eigenvalue weighted by Gasteiger charge is -2.28. The summed E-state index contributed by atoms with van der Waals surface area (Å²) >= 11 is 0. The van der Waals surface area contributed by atoms with Gasteiger partial charge in [-0.25, -0.2) is 0 Å². The van der Waals surface area contributed by atoms with E-state index in [9.17, 15) is 4.79 Å². The Labute approximate surface area is 159 Å². The lowest BCUT2D eigenvalue weighted by molar-refractivity contribution is -0.122. The molecule has 1 heterocycles. The molecule has 6 nitrogen and oxygen atoms in total. The number of aromatic nitrogens is 2. The number of hydrogen-bond acceptors (Lipinski definition) is 5. The van der Waals surface area contributed by atoms with Gasteiger partial charge in [0, 0.05) is 24.4 Å². The van der Waals surface area contributed by atoms with Crippen LogP contribution in [-0.2, 0) is 11.2 Å². The highest BCUT2D eigenvalue weighted by atomic mass is 16.5. The molecule has 4 unspecified atom stereocenters. The number of nitrogens with one attached hydrogen (secondary N) is 1. The number of rotatable bonds is 7. The highest BCUT2D eigenvalue weighted by Crippen LogP contribution is 2.49. The van der Waals surface area contributed by atoms with Crippen LogP contribution in [-0.4, -0.2) is 29.2 Å². The summed E-state index contributed by atoms with van der Waals surface area (Å²) in [7, 11) is 1.63. The van der Waals surface area contributed by atoms with Gasteiger partial charge in [0.25, 0.3) is 0 Å². The van der Waals surface area contributed by atoms with E-state index in [0.717, 1.165) is 23.1 Å². The Bertz CT molecular complexity index is 786. The van der Waals surface area contributed by atoms with Crippen molar-refractivity contribution < 1.29 is 14.1 Å². The first-order chi connectivity index (χ1) is 13.1. The molecule has 6 heteroatoms. The number of nitrogens with zero attached hydrogens (tertiary/aromatic N) is 2. The van der Waals surface area contributed by atoms with Gasteiger partial charge in [0.1, 0.15) is 5.75 Å². The number of aryl methyl sites for hydroxylation is 1. The molecular weight excluding hydrogens is 342 g/mol. The van der Waals surface area contributed by atoms with Crippen LogP contribution in [0.25, 0.3) is 11.4 Å². The van der Waals surface area contributed by atoms with E-state index < -0.39 is 0 Å². The Kier molecular flexibility index (Phi) is 5.14. The largest absolute Gasteiger partial charge is 0.497 e. The first kappa shape index (κ1) is 18.0. The van der Waals surface area contributed by atoms with Gasteiger partial charge in [-0.05, 0) is 68.2 Å². The number of amides is 1. The smallest absolute Gasteiger partial charge is 0.227 e. The maximum Gasteiger partial charge on any atom is 0.227 e. The number of methoxy groups -OCH3 is 1. The Hall–Kier alpha value is -2.37. The van der Waals surface area contributed by atoms with Crippen LogP contribution < -0.4 is 10.1 Å². The minimum absolute atomic E-state index is 0.0643.